The summed E-state index contributed by atoms with van der Waals surface area (Å²) >= 11 is 0. The van der Waals surface area contributed by atoms with E-state index >= 15 is 0 Å². The van der Waals surface area contributed by atoms with Crippen molar-refractivity contribution in [3.8, 4) is 11.8 Å². The van der Waals surface area contributed by atoms with Gasteiger partial charge in [-0.15, -0.1) is 0 Å². The van der Waals surface area contributed by atoms with Crippen LogP contribution < -0.4 is 5.32 Å². The van der Waals surface area contributed by atoms with Crippen LogP contribution in [0.1, 0.15) is 39.5 Å². The topological polar surface area (TPSA) is 38.3 Å². The fourth-order valence-corrected chi connectivity index (χ4v) is 2.10. The Morgan fingerprint density at radius 3 is 2.67 bits per heavy atom. The zero-order valence-electron chi connectivity index (χ0n) is 9.56. The van der Waals surface area contributed by atoms with Crippen molar-refractivity contribution in [2.75, 3.05) is 13.2 Å². The monoisotopic (exact) mass is 209 g/mol. The predicted octanol–water partition coefficient (Wildman–Crippen LogP) is 1.48. The maximum atomic E-state index is 11.2. The lowest BCUT2D eigenvalue weighted by Gasteiger charge is -2.28. The van der Waals surface area contributed by atoms with Gasteiger partial charge in [-0.3, -0.25) is 4.79 Å². The zero-order valence-corrected chi connectivity index (χ0v) is 9.56. The van der Waals surface area contributed by atoms with E-state index in [0.29, 0.717) is 13.2 Å². The summed E-state index contributed by atoms with van der Waals surface area (Å²) in [5, 5.41) is 2.81. The molecule has 0 heterocycles. The van der Waals surface area contributed by atoms with Gasteiger partial charge in [-0.25, -0.2) is 0 Å². The molecule has 0 atom stereocenters. The van der Waals surface area contributed by atoms with Crippen molar-refractivity contribution in [3.63, 3.8) is 0 Å². The van der Waals surface area contributed by atoms with Crippen molar-refractivity contribution in [1.29, 1.82) is 0 Å². The molecule has 1 aliphatic rings. The third-order valence-corrected chi connectivity index (χ3v) is 2.77. The molecule has 1 N–H and O–H groups in total. The van der Waals surface area contributed by atoms with Crippen LogP contribution >= 0.6 is 0 Å². The van der Waals surface area contributed by atoms with E-state index in [1.165, 1.54) is 12.8 Å². The Kier molecular flexibility index (Phi) is 4.64. The van der Waals surface area contributed by atoms with E-state index in [0.717, 1.165) is 12.8 Å². The lowest BCUT2D eigenvalue weighted by molar-refractivity contribution is -0.117. The van der Waals surface area contributed by atoms with Gasteiger partial charge >= 0.3 is 0 Å². The minimum atomic E-state index is -0.205. The second kappa shape index (κ2) is 5.77. The molecule has 3 nitrogen and oxygen atoms in total. The lowest BCUT2D eigenvalue weighted by atomic mass is 10.0. The van der Waals surface area contributed by atoms with E-state index in [-0.39, 0.29) is 11.5 Å². The lowest BCUT2D eigenvalue weighted by Crippen LogP contribution is -2.42. The van der Waals surface area contributed by atoms with Crippen molar-refractivity contribution in [1.82, 2.24) is 5.32 Å². The summed E-state index contributed by atoms with van der Waals surface area (Å²) in [6.07, 6.45) is 4.46. The third-order valence-electron chi connectivity index (χ3n) is 2.77. The van der Waals surface area contributed by atoms with Gasteiger partial charge in [-0.05, 0) is 32.6 Å². The van der Waals surface area contributed by atoms with Crippen LogP contribution in [0, 0.1) is 11.8 Å². The fraction of sp³-hybridized carbons (Fsp3) is 0.750. The molecule has 1 rings (SSSR count). The molecule has 15 heavy (non-hydrogen) atoms. The van der Waals surface area contributed by atoms with Crippen LogP contribution in [-0.2, 0) is 9.53 Å². The van der Waals surface area contributed by atoms with E-state index in [9.17, 15) is 4.79 Å². The molecule has 0 spiro atoms. The molecule has 0 aromatic carbocycles. The first-order chi connectivity index (χ1) is 7.22. The Labute approximate surface area is 91.6 Å². The first kappa shape index (κ1) is 12.1. The Morgan fingerprint density at radius 1 is 1.47 bits per heavy atom. The van der Waals surface area contributed by atoms with E-state index < -0.39 is 0 Å². The summed E-state index contributed by atoms with van der Waals surface area (Å²) in [6, 6.07) is 0. The van der Waals surface area contributed by atoms with Gasteiger partial charge in [0.1, 0.15) is 0 Å². The molecule has 0 unspecified atom stereocenters. The standard InChI is InChI=1S/C12H19NO2/c1-3-7-11(14)13-10-12(15-4-2)8-5-6-9-12/h4-6,8-10H2,1-2H3,(H,13,14). The second-order valence-electron chi connectivity index (χ2n) is 3.88. The zero-order chi connectivity index (χ0) is 11.1. The number of carbonyl (C=O) groups excluding carboxylic acids is 1. The van der Waals surface area contributed by atoms with Crippen molar-refractivity contribution in [3.05, 3.63) is 0 Å². The second-order valence-corrected chi connectivity index (χ2v) is 3.88. The average molecular weight is 209 g/mol. The number of amides is 1. The first-order valence-corrected chi connectivity index (χ1v) is 5.57. The van der Waals surface area contributed by atoms with Gasteiger partial charge in [-0.1, -0.05) is 18.8 Å². The molecule has 0 radical (unpaired) electrons. The third kappa shape index (κ3) is 3.56. The van der Waals surface area contributed by atoms with E-state index in [2.05, 4.69) is 17.2 Å². The van der Waals surface area contributed by atoms with E-state index in [1.54, 1.807) is 6.92 Å². The Bertz CT molecular complexity index is 269. The number of ether oxygens (including phenoxy) is 1. The Morgan fingerprint density at radius 2 is 2.13 bits per heavy atom. The summed E-state index contributed by atoms with van der Waals surface area (Å²) < 4.78 is 5.76. The predicted molar refractivity (Wildman–Crippen MR) is 59.3 cm³/mol. The maximum absolute atomic E-state index is 11.2. The summed E-state index contributed by atoms with van der Waals surface area (Å²) in [5.41, 5.74) is -0.125. The fourth-order valence-electron chi connectivity index (χ4n) is 2.10. The number of nitrogens with one attached hydrogen (secondary N) is 1. The molecular weight excluding hydrogens is 190 g/mol. The highest BCUT2D eigenvalue weighted by molar-refractivity contribution is 5.93. The molecule has 1 aliphatic carbocycles. The molecule has 3 heteroatoms. The summed E-state index contributed by atoms with van der Waals surface area (Å²) in [4.78, 5) is 11.2. The van der Waals surface area contributed by atoms with Crippen LogP contribution in [0.25, 0.3) is 0 Å². The van der Waals surface area contributed by atoms with Gasteiger partial charge in [-0.2, -0.15) is 0 Å². The van der Waals surface area contributed by atoms with Gasteiger partial charge in [0, 0.05) is 13.2 Å². The number of carbonyl (C=O) groups is 1. The summed E-state index contributed by atoms with van der Waals surface area (Å²) in [5.74, 6) is 4.85. The minimum absolute atomic E-state index is 0.125. The van der Waals surface area contributed by atoms with E-state index in [4.69, 9.17) is 4.74 Å². The Hall–Kier alpha value is -1.01. The minimum Gasteiger partial charge on any atom is -0.373 e. The largest absolute Gasteiger partial charge is 0.373 e. The van der Waals surface area contributed by atoms with Crippen LogP contribution in [0.2, 0.25) is 0 Å². The molecule has 0 aromatic heterocycles. The molecule has 1 saturated carbocycles. The molecule has 1 amide bonds. The Balaban J connectivity index is 2.44. The highest BCUT2D eigenvalue weighted by Gasteiger charge is 2.34. The van der Waals surface area contributed by atoms with Crippen molar-refractivity contribution in [2.45, 2.75) is 45.1 Å². The van der Waals surface area contributed by atoms with Crippen molar-refractivity contribution in [2.24, 2.45) is 0 Å². The normalized spacial score (nSPS) is 18.0. The van der Waals surface area contributed by atoms with Gasteiger partial charge in [0.2, 0.25) is 0 Å². The van der Waals surface area contributed by atoms with Crippen molar-refractivity contribution < 1.29 is 9.53 Å². The quantitative estimate of drug-likeness (QED) is 0.712. The molecule has 84 valence electrons. The molecule has 0 aromatic rings. The molecule has 0 bridgehead atoms. The van der Waals surface area contributed by atoms with E-state index in [1.807, 2.05) is 6.92 Å². The van der Waals surface area contributed by atoms with Crippen LogP contribution in [0.5, 0.6) is 0 Å². The van der Waals surface area contributed by atoms with Crippen LogP contribution in [0.4, 0.5) is 0 Å². The van der Waals surface area contributed by atoms with Gasteiger partial charge in [0.05, 0.1) is 5.60 Å². The highest BCUT2D eigenvalue weighted by atomic mass is 16.5. The maximum Gasteiger partial charge on any atom is 0.295 e. The van der Waals surface area contributed by atoms with Crippen LogP contribution in [0.3, 0.4) is 0 Å². The van der Waals surface area contributed by atoms with Crippen LogP contribution in [-0.4, -0.2) is 24.7 Å². The van der Waals surface area contributed by atoms with Gasteiger partial charge in [0.15, 0.2) is 0 Å². The number of hydrogen-bond donors (Lipinski definition) is 1. The summed E-state index contributed by atoms with van der Waals surface area (Å²) in [6.45, 7) is 4.95. The van der Waals surface area contributed by atoms with Gasteiger partial charge < -0.3 is 10.1 Å². The number of rotatable bonds is 4. The molecule has 0 saturated heterocycles. The molecule has 0 aliphatic heterocycles. The molecular formula is C12H19NO2. The highest BCUT2D eigenvalue weighted by Crippen LogP contribution is 2.32. The average Bonchev–Trinajstić information content (AvgIpc) is 2.65. The molecule has 1 fully saturated rings. The SMILES string of the molecule is CC#CC(=O)NCC1(OCC)CCCC1. The smallest absolute Gasteiger partial charge is 0.295 e. The van der Waals surface area contributed by atoms with Crippen LogP contribution in [0.15, 0.2) is 0 Å². The van der Waals surface area contributed by atoms with Gasteiger partial charge in [0.25, 0.3) is 5.91 Å². The first-order valence-electron chi connectivity index (χ1n) is 5.57. The number of hydrogen-bond acceptors (Lipinski definition) is 2. The summed E-state index contributed by atoms with van der Waals surface area (Å²) in [7, 11) is 0. The van der Waals surface area contributed by atoms with Crippen molar-refractivity contribution >= 4 is 5.91 Å².